The van der Waals surface area contributed by atoms with E-state index in [1.54, 1.807) is 12.4 Å². The second-order valence-corrected chi connectivity index (χ2v) is 5.18. The van der Waals surface area contributed by atoms with Crippen molar-refractivity contribution in [3.8, 4) is 5.69 Å². The Labute approximate surface area is 118 Å². The van der Waals surface area contributed by atoms with Crippen LogP contribution in [0.5, 0.6) is 0 Å². The number of amides is 1. The molecule has 1 aromatic carbocycles. The molecule has 0 radical (unpaired) electrons. The van der Waals surface area contributed by atoms with Gasteiger partial charge < -0.3 is 4.90 Å². The number of rotatable bonds is 2. The highest BCUT2D eigenvalue weighted by Gasteiger charge is 2.26. The number of hydrogen-bond acceptors (Lipinski definition) is 3. The Kier molecular flexibility index (Phi) is 3.50. The van der Waals surface area contributed by atoms with E-state index in [0.29, 0.717) is 11.6 Å². The van der Waals surface area contributed by atoms with Crippen LogP contribution >= 0.6 is 0 Å². The summed E-state index contributed by atoms with van der Waals surface area (Å²) in [6.45, 7) is 2.95. The zero-order chi connectivity index (χ0) is 13.9. The largest absolute Gasteiger partial charge is 0.336 e. The zero-order valence-electron chi connectivity index (χ0n) is 11.6. The SMILES string of the molecule is CC1CCCCN1C(=O)c1ccccc1-n1nccn1. The number of benzene rings is 1. The molecule has 0 aliphatic carbocycles. The van der Waals surface area contributed by atoms with Gasteiger partial charge in [0.05, 0.1) is 23.6 Å². The Morgan fingerprint density at radius 2 is 1.95 bits per heavy atom. The van der Waals surface area contributed by atoms with Crippen molar-refractivity contribution in [1.82, 2.24) is 19.9 Å². The van der Waals surface area contributed by atoms with Gasteiger partial charge in [0, 0.05) is 12.6 Å². The van der Waals surface area contributed by atoms with Gasteiger partial charge in [-0.2, -0.15) is 15.0 Å². The molecule has 0 bridgehead atoms. The molecule has 2 heterocycles. The first kappa shape index (κ1) is 12.8. The third kappa shape index (κ3) is 2.31. The van der Waals surface area contributed by atoms with Crippen molar-refractivity contribution in [3.05, 3.63) is 42.2 Å². The maximum atomic E-state index is 12.8. The van der Waals surface area contributed by atoms with Gasteiger partial charge in [-0.3, -0.25) is 4.79 Å². The molecule has 5 heteroatoms. The number of nitrogens with zero attached hydrogens (tertiary/aromatic N) is 4. The fraction of sp³-hybridized carbons (Fsp3) is 0.400. The van der Waals surface area contributed by atoms with Gasteiger partial charge in [0.1, 0.15) is 0 Å². The number of para-hydroxylation sites is 1. The van der Waals surface area contributed by atoms with E-state index in [4.69, 9.17) is 0 Å². The van der Waals surface area contributed by atoms with Crippen molar-refractivity contribution >= 4 is 5.91 Å². The van der Waals surface area contributed by atoms with E-state index in [-0.39, 0.29) is 5.91 Å². The van der Waals surface area contributed by atoms with Gasteiger partial charge in [-0.15, -0.1) is 0 Å². The molecule has 0 N–H and O–H groups in total. The second kappa shape index (κ2) is 5.45. The number of carbonyl (C=O) groups is 1. The van der Waals surface area contributed by atoms with E-state index in [1.807, 2.05) is 29.2 Å². The Morgan fingerprint density at radius 1 is 1.20 bits per heavy atom. The van der Waals surface area contributed by atoms with Crippen LogP contribution in [0.1, 0.15) is 36.5 Å². The molecular formula is C15H18N4O. The van der Waals surface area contributed by atoms with Crippen molar-refractivity contribution < 1.29 is 4.79 Å². The first-order chi connectivity index (χ1) is 9.77. The molecule has 1 fully saturated rings. The van der Waals surface area contributed by atoms with Crippen molar-refractivity contribution in [2.24, 2.45) is 0 Å². The zero-order valence-corrected chi connectivity index (χ0v) is 11.6. The number of aromatic nitrogens is 3. The standard InChI is InChI=1S/C15H18N4O/c1-12-6-4-5-11-18(12)15(20)13-7-2-3-8-14(13)19-16-9-10-17-19/h2-3,7-10,12H,4-6,11H2,1H3. The molecule has 1 aromatic heterocycles. The summed E-state index contributed by atoms with van der Waals surface area (Å²) in [7, 11) is 0. The summed E-state index contributed by atoms with van der Waals surface area (Å²) in [5.74, 6) is 0.0742. The highest BCUT2D eigenvalue weighted by molar-refractivity contribution is 5.97. The summed E-state index contributed by atoms with van der Waals surface area (Å²) < 4.78 is 0. The van der Waals surface area contributed by atoms with Crippen molar-refractivity contribution in [2.75, 3.05) is 6.54 Å². The molecule has 5 nitrogen and oxygen atoms in total. The number of hydrogen-bond donors (Lipinski definition) is 0. The fourth-order valence-electron chi connectivity index (χ4n) is 2.72. The lowest BCUT2D eigenvalue weighted by Crippen LogP contribution is -2.42. The van der Waals surface area contributed by atoms with Gasteiger partial charge >= 0.3 is 0 Å². The van der Waals surface area contributed by atoms with E-state index >= 15 is 0 Å². The first-order valence-electron chi connectivity index (χ1n) is 7.04. The fourth-order valence-corrected chi connectivity index (χ4v) is 2.72. The summed E-state index contributed by atoms with van der Waals surface area (Å²) >= 11 is 0. The van der Waals surface area contributed by atoms with E-state index in [2.05, 4.69) is 17.1 Å². The molecule has 1 aliphatic rings. The molecular weight excluding hydrogens is 252 g/mol. The highest BCUT2D eigenvalue weighted by Crippen LogP contribution is 2.21. The molecule has 2 aromatic rings. The van der Waals surface area contributed by atoms with E-state index in [0.717, 1.165) is 25.1 Å². The second-order valence-electron chi connectivity index (χ2n) is 5.18. The van der Waals surface area contributed by atoms with Crippen LogP contribution < -0.4 is 0 Å². The van der Waals surface area contributed by atoms with Crippen LogP contribution in [0.4, 0.5) is 0 Å². The minimum atomic E-state index is 0.0742. The quantitative estimate of drug-likeness (QED) is 0.841. The van der Waals surface area contributed by atoms with Gasteiger partial charge in [0.15, 0.2) is 0 Å². The lowest BCUT2D eigenvalue weighted by Gasteiger charge is -2.33. The highest BCUT2D eigenvalue weighted by atomic mass is 16.2. The van der Waals surface area contributed by atoms with Crippen LogP contribution in [0.3, 0.4) is 0 Å². The third-order valence-electron chi connectivity index (χ3n) is 3.83. The molecule has 20 heavy (non-hydrogen) atoms. The van der Waals surface area contributed by atoms with Crippen LogP contribution in [-0.2, 0) is 0 Å². The maximum absolute atomic E-state index is 12.8. The monoisotopic (exact) mass is 270 g/mol. The van der Waals surface area contributed by atoms with Gasteiger partial charge in [-0.25, -0.2) is 0 Å². The summed E-state index contributed by atoms with van der Waals surface area (Å²) in [5.41, 5.74) is 1.40. The van der Waals surface area contributed by atoms with Gasteiger partial charge in [0.2, 0.25) is 0 Å². The lowest BCUT2D eigenvalue weighted by atomic mass is 10.0. The minimum Gasteiger partial charge on any atom is -0.336 e. The first-order valence-corrected chi connectivity index (χ1v) is 7.04. The van der Waals surface area contributed by atoms with Crippen molar-refractivity contribution in [1.29, 1.82) is 0 Å². The van der Waals surface area contributed by atoms with E-state index in [1.165, 1.54) is 11.2 Å². The Hall–Kier alpha value is -2.17. The van der Waals surface area contributed by atoms with Crippen LogP contribution in [0.2, 0.25) is 0 Å². The molecule has 1 unspecified atom stereocenters. The van der Waals surface area contributed by atoms with Gasteiger partial charge in [-0.1, -0.05) is 12.1 Å². The van der Waals surface area contributed by atoms with Crippen LogP contribution in [0, 0.1) is 0 Å². The van der Waals surface area contributed by atoms with Crippen LogP contribution in [0.15, 0.2) is 36.7 Å². The average molecular weight is 270 g/mol. The molecule has 3 rings (SSSR count). The topological polar surface area (TPSA) is 51.0 Å². The molecule has 1 aliphatic heterocycles. The van der Waals surface area contributed by atoms with Crippen molar-refractivity contribution in [3.63, 3.8) is 0 Å². The summed E-state index contributed by atoms with van der Waals surface area (Å²) in [4.78, 5) is 16.2. The predicted octanol–water partition coefficient (Wildman–Crippen LogP) is 2.28. The normalized spacial score (nSPS) is 19.1. The van der Waals surface area contributed by atoms with E-state index < -0.39 is 0 Å². The van der Waals surface area contributed by atoms with Gasteiger partial charge in [-0.05, 0) is 38.3 Å². The van der Waals surface area contributed by atoms with Crippen molar-refractivity contribution in [2.45, 2.75) is 32.2 Å². The third-order valence-corrected chi connectivity index (χ3v) is 3.83. The molecule has 1 atom stereocenters. The number of likely N-dealkylation sites (tertiary alicyclic amines) is 1. The van der Waals surface area contributed by atoms with Crippen LogP contribution in [0.25, 0.3) is 5.69 Å². The minimum absolute atomic E-state index is 0.0742. The molecule has 104 valence electrons. The predicted molar refractivity (Wildman–Crippen MR) is 75.7 cm³/mol. The summed E-state index contributed by atoms with van der Waals surface area (Å²) in [5, 5.41) is 8.26. The Balaban J connectivity index is 1.96. The Bertz CT molecular complexity index is 594. The Morgan fingerprint density at radius 3 is 2.70 bits per heavy atom. The molecule has 0 saturated carbocycles. The number of carbonyl (C=O) groups excluding carboxylic acids is 1. The molecule has 1 amide bonds. The van der Waals surface area contributed by atoms with Gasteiger partial charge in [0.25, 0.3) is 5.91 Å². The lowest BCUT2D eigenvalue weighted by molar-refractivity contribution is 0.0635. The van der Waals surface area contributed by atoms with E-state index in [9.17, 15) is 4.79 Å². The summed E-state index contributed by atoms with van der Waals surface area (Å²) in [6.07, 6.45) is 6.59. The smallest absolute Gasteiger partial charge is 0.256 e. The number of piperidine rings is 1. The maximum Gasteiger partial charge on any atom is 0.256 e. The average Bonchev–Trinajstić information content (AvgIpc) is 3.01. The molecule has 0 spiro atoms. The molecule has 1 saturated heterocycles. The summed E-state index contributed by atoms with van der Waals surface area (Å²) in [6, 6.07) is 7.81. The van der Waals surface area contributed by atoms with Crippen LogP contribution in [-0.4, -0.2) is 38.4 Å².